The number of nitrogens with zero attached hydrogens (tertiary/aromatic N) is 3. The molecule has 1 aliphatic carbocycles. The molecule has 10 heteroatoms. The van der Waals surface area contributed by atoms with Gasteiger partial charge in [-0.3, -0.25) is 9.36 Å². The second-order valence-electron chi connectivity index (χ2n) is 7.76. The summed E-state index contributed by atoms with van der Waals surface area (Å²) in [5.41, 5.74) is 0.145. The van der Waals surface area contributed by atoms with E-state index in [9.17, 15) is 18.0 Å². The van der Waals surface area contributed by atoms with Gasteiger partial charge in [-0.15, -0.1) is 10.2 Å². The van der Waals surface area contributed by atoms with Gasteiger partial charge in [0.1, 0.15) is 5.75 Å². The second kappa shape index (κ2) is 9.86. The van der Waals surface area contributed by atoms with Crippen molar-refractivity contribution in [3.63, 3.8) is 0 Å². The van der Waals surface area contributed by atoms with Crippen LogP contribution in [0.25, 0.3) is 17.1 Å². The molecule has 1 fully saturated rings. The van der Waals surface area contributed by atoms with Crippen molar-refractivity contribution in [3.8, 4) is 22.8 Å². The minimum absolute atomic E-state index is 0.0935. The molecule has 0 spiro atoms. The molecule has 1 saturated carbocycles. The van der Waals surface area contributed by atoms with Gasteiger partial charge >= 0.3 is 6.18 Å². The fourth-order valence-electron chi connectivity index (χ4n) is 3.81. The number of aromatic nitrogens is 3. The standard InChI is InChI=1S/C23H23F3N4O2S/c1-32-19-11-9-15(10-12-19)21-28-29-22(33-14-20(31)27-17-6-2-3-7-17)30(21)18-8-4-5-16(13-18)23(24,25)26/h4-5,8-13,17H,2-3,6-7,14H2,1H3,(H,27,31). The molecule has 4 rings (SSSR count). The maximum atomic E-state index is 13.4. The first-order valence-corrected chi connectivity index (χ1v) is 11.5. The maximum Gasteiger partial charge on any atom is 0.416 e. The second-order valence-corrected chi connectivity index (χ2v) is 8.70. The van der Waals surface area contributed by atoms with Gasteiger partial charge < -0.3 is 10.1 Å². The summed E-state index contributed by atoms with van der Waals surface area (Å²) >= 11 is 1.14. The number of methoxy groups -OCH3 is 1. The number of ether oxygens (including phenoxy) is 1. The van der Waals surface area contributed by atoms with Gasteiger partial charge in [-0.2, -0.15) is 13.2 Å². The summed E-state index contributed by atoms with van der Waals surface area (Å²) in [4.78, 5) is 12.4. The number of alkyl halides is 3. The third kappa shape index (κ3) is 5.50. The zero-order valence-corrected chi connectivity index (χ0v) is 18.7. The Morgan fingerprint density at radius 3 is 2.55 bits per heavy atom. The average Bonchev–Trinajstić information content (AvgIpc) is 3.47. The third-order valence-electron chi connectivity index (χ3n) is 5.47. The highest BCUT2D eigenvalue weighted by Gasteiger charge is 2.31. The molecule has 1 aliphatic rings. The lowest BCUT2D eigenvalue weighted by molar-refractivity contribution is -0.137. The molecule has 0 radical (unpaired) electrons. The molecule has 1 aromatic heterocycles. The summed E-state index contributed by atoms with van der Waals surface area (Å²) in [5, 5.41) is 11.8. The van der Waals surface area contributed by atoms with Gasteiger partial charge in [-0.05, 0) is 55.3 Å². The number of nitrogens with one attached hydrogen (secondary N) is 1. The normalized spacial score (nSPS) is 14.4. The van der Waals surface area contributed by atoms with Crippen molar-refractivity contribution in [2.75, 3.05) is 12.9 Å². The maximum absolute atomic E-state index is 13.4. The third-order valence-corrected chi connectivity index (χ3v) is 6.39. The molecule has 1 amide bonds. The highest BCUT2D eigenvalue weighted by molar-refractivity contribution is 7.99. The topological polar surface area (TPSA) is 69.0 Å². The SMILES string of the molecule is COc1ccc(-c2nnc(SCC(=O)NC3CCCC3)n2-c2cccc(C(F)(F)F)c2)cc1. The first kappa shape index (κ1) is 23.2. The van der Waals surface area contributed by atoms with E-state index >= 15 is 0 Å². The fourth-order valence-corrected chi connectivity index (χ4v) is 4.58. The minimum Gasteiger partial charge on any atom is -0.497 e. The number of carbonyl (C=O) groups is 1. The van der Waals surface area contributed by atoms with Crippen molar-refractivity contribution >= 4 is 17.7 Å². The molecule has 0 aliphatic heterocycles. The molecule has 33 heavy (non-hydrogen) atoms. The zero-order chi connectivity index (χ0) is 23.4. The Balaban J connectivity index is 1.66. The number of amides is 1. The number of carbonyl (C=O) groups excluding carboxylic acids is 1. The molecule has 0 unspecified atom stereocenters. The highest BCUT2D eigenvalue weighted by Crippen LogP contribution is 2.33. The summed E-state index contributed by atoms with van der Waals surface area (Å²) in [6.07, 6.45) is -0.337. The van der Waals surface area contributed by atoms with Gasteiger partial charge in [0.2, 0.25) is 5.91 Å². The molecule has 1 N–H and O–H groups in total. The summed E-state index contributed by atoms with van der Waals surface area (Å²) < 4.78 is 46.8. The Hall–Kier alpha value is -3.01. The van der Waals surface area contributed by atoms with Crippen molar-refractivity contribution in [1.82, 2.24) is 20.1 Å². The molecular weight excluding hydrogens is 453 g/mol. The number of benzene rings is 2. The van der Waals surface area contributed by atoms with Crippen LogP contribution >= 0.6 is 11.8 Å². The molecule has 2 aromatic carbocycles. The predicted octanol–water partition coefficient (Wildman–Crippen LogP) is 5.11. The van der Waals surface area contributed by atoms with Crippen LogP contribution in [-0.2, 0) is 11.0 Å². The van der Waals surface area contributed by atoms with Gasteiger partial charge in [0.05, 0.1) is 24.1 Å². The molecule has 0 bridgehead atoms. The first-order chi connectivity index (χ1) is 15.8. The lowest BCUT2D eigenvalue weighted by atomic mass is 10.1. The molecular formula is C23H23F3N4O2S. The Labute approximate surface area is 193 Å². The fraction of sp³-hybridized carbons (Fsp3) is 0.348. The van der Waals surface area contributed by atoms with E-state index in [2.05, 4.69) is 15.5 Å². The van der Waals surface area contributed by atoms with Crippen LogP contribution in [0.15, 0.2) is 53.7 Å². The smallest absolute Gasteiger partial charge is 0.416 e. The predicted molar refractivity (Wildman–Crippen MR) is 119 cm³/mol. The van der Waals surface area contributed by atoms with E-state index in [0.717, 1.165) is 49.6 Å². The minimum atomic E-state index is -4.49. The van der Waals surface area contributed by atoms with Gasteiger partial charge in [-0.1, -0.05) is 30.7 Å². The number of hydrogen-bond donors (Lipinski definition) is 1. The first-order valence-electron chi connectivity index (χ1n) is 10.5. The lowest BCUT2D eigenvalue weighted by Gasteiger charge is -2.14. The van der Waals surface area contributed by atoms with E-state index in [-0.39, 0.29) is 23.4 Å². The molecule has 1 heterocycles. The Kier molecular flexibility index (Phi) is 6.92. The number of halogens is 3. The van der Waals surface area contributed by atoms with Crippen LogP contribution in [0.5, 0.6) is 5.75 Å². The Morgan fingerprint density at radius 1 is 1.15 bits per heavy atom. The summed E-state index contributed by atoms with van der Waals surface area (Å²) in [5.74, 6) is 0.977. The van der Waals surface area contributed by atoms with Crippen LogP contribution in [0.2, 0.25) is 0 Å². The van der Waals surface area contributed by atoms with Crippen molar-refractivity contribution in [1.29, 1.82) is 0 Å². The van der Waals surface area contributed by atoms with Crippen molar-refractivity contribution in [3.05, 3.63) is 54.1 Å². The number of rotatable bonds is 7. The molecule has 174 valence electrons. The van der Waals surface area contributed by atoms with E-state index in [1.165, 1.54) is 6.07 Å². The molecule has 0 saturated heterocycles. The van der Waals surface area contributed by atoms with Crippen LogP contribution < -0.4 is 10.1 Å². The summed E-state index contributed by atoms with van der Waals surface area (Å²) in [7, 11) is 1.55. The van der Waals surface area contributed by atoms with Gasteiger partial charge in [0, 0.05) is 11.6 Å². The quantitative estimate of drug-likeness (QED) is 0.480. The Morgan fingerprint density at radius 2 is 1.88 bits per heavy atom. The monoisotopic (exact) mass is 476 g/mol. The van der Waals surface area contributed by atoms with Crippen molar-refractivity contribution in [2.45, 2.75) is 43.1 Å². The average molecular weight is 477 g/mol. The van der Waals surface area contributed by atoms with Gasteiger partial charge in [0.25, 0.3) is 0 Å². The van der Waals surface area contributed by atoms with Crippen LogP contribution in [0.3, 0.4) is 0 Å². The van der Waals surface area contributed by atoms with Crippen LogP contribution in [0.1, 0.15) is 31.2 Å². The molecule has 0 atom stereocenters. The van der Waals surface area contributed by atoms with Crippen molar-refractivity contribution < 1.29 is 22.7 Å². The van der Waals surface area contributed by atoms with Crippen LogP contribution in [0, 0.1) is 0 Å². The highest BCUT2D eigenvalue weighted by atomic mass is 32.2. The largest absolute Gasteiger partial charge is 0.497 e. The van der Waals surface area contributed by atoms with Crippen LogP contribution in [-0.4, -0.2) is 39.6 Å². The number of thioether (sulfide) groups is 1. The van der Waals surface area contributed by atoms with E-state index < -0.39 is 11.7 Å². The molecule has 3 aromatic rings. The van der Waals surface area contributed by atoms with Gasteiger partial charge in [0.15, 0.2) is 11.0 Å². The lowest BCUT2D eigenvalue weighted by Crippen LogP contribution is -2.33. The van der Waals surface area contributed by atoms with E-state index in [0.29, 0.717) is 22.3 Å². The zero-order valence-electron chi connectivity index (χ0n) is 17.9. The Bertz CT molecular complexity index is 1110. The number of hydrogen-bond acceptors (Lipinski definition) is 5. The van der Waals surface area contributed by atoms with E-state index in [1.807, 2.05) is 0 Å². The van der Waals surface area contributed by atoms with E-state index in [4.69, 9.17) is 4.74 Å². The summed E-state index contributed by atoms with van der Waals surface area (Å²) in [6, 6.07) is 12.2. The van der Waals surface area contributed by atoms with Crippen molar-refractivity contribution in [2.24, 2.45) is 0 Å². The molecule has 6 nitrogen and oxygen atoms in total. The summed E-state index contributed by atoms with van der Waals surface area (Å²) in [6.45, 7) is 0. The van der Waals surface area contributed by atoms with Gasteiger partial charge in [-0.25, -0.2) is 0 Å². The van der Waals surface area contributed by atoms with Crippen LogP contribution in [0.4, 0.5) is 13.2 Å². The van der Waals surface area contributed by atoms with E-state index in [1.54, 1.807) is 42.0 Å².